The minimum Gasteiger partial charge on any atom is -0.299 e. The second-order valence-electron chi connectivity index (χ2n) is 3.20. The minimum absolute atomic E-state index is 0.247. The van der Waals surface area contributed by atoms with E-state index in [0.29, 0.717) is 17.9 Å². The van der Waals surface area contributed by atoms with Crippen LogP contribution in [0.3, 0.4) is 0 Å². The number of Topliss-reactive ketones (excluding diaryl/α,β-unsaturated/α-hetero) is 1. The maximum absolute atomic E-state index is 11.4. The molecule has 0 aliphatic heterocycles. The summed E-state index contributed by atoms with van der Waals surface area (Å²) >= 11 is 9.32. The molecule has 1 aromatic rings. The van der Waals surface area contributed by atoms with Crippen molar-refractivity contribution >= 4 is 33.3 Å². The Balaban J connectivity index is 2.72. The van der Waals surface area contributed by atoms with E-state index in [4.69, 9.17) is 11.6 Å². The number of carbonyl (C=O) groups excluding carboxylic acids is 1. The van der Waals surface area contributed by atoms with Crippen LogP contribution in [0.5, 0.6) is 0 Å². The lowest BCUT2D eigenvalue weighted by atomic mass is 10.1. The Bertz CT molecular complexity index is 336. The fraction of sp³-hybridized carbons (Fsp3) is 0.364. The van der Waals surface area contributed by atoms with Gasteiger partial charge in [0.25, 0.3) is 0 Å². The zero-order valence-electron chi connectivity index (χ0n) is 8.02. The van der Waals surface area contributed by atoms with Crippen molar-refractivity contribution in [1.29, 1.82) is 0 Å². The van der Waals surface area contributed by atoms with E-state index in [-0.39, 0.29) is 5.78 Å². The number of hydrogen-bond donors (Lipinski definition) is 0. The topological polar surface area (TPSA) is 17.1 Å². The van der Waals surface area contributed by atoms with Gasteiger partial charge in [-0.3, -0.25) is 4.79 Å². The van der Waals surface area contributed by atoms with Gasteiger partial charge in [-0.15, -0.1) is 0 Å². The highest BCUT2D eigenvalue weighted by atomic mass is 79.9. The zero-order chi connectivity index (χ0) is 10.6. The summed E-state index contributed by atoms with van der Waals surface area (Å²) in [5.41, 5.74) is 0.910. The van der Waals surface area contributed by atoms with Gasteiger partial charge < -0.3 is 0 Å². The number of rotatable bonds is 4. The van der Waals surface area contributed by atoms with E-state index in [0.717, 1.165) is 16.5 Å². The van der Waals surface area contributed by atoms with Crippen LogP contribution in [0.25, 0.3) is 0 Å². The van der Waals surface area contributed by atoms with E-state index in [1.165, 1.54) is 0 Å². The van der Waals surface area contributed by atoms with Crippen LogP contribution in [0.15, 0.2) is 22.7 Å². The zero-order valence-corrected chi connectivity index (χ0v) is 10.4. The second kappa shape index (κ2) is 5.52. The standard InChI is InChI=1S/C11H12BrClO/c1-2-3-10(14)6-8-4-5-9(12)7-11(8)13/h4-5,7H,2-3,6H2,1H3. The van der Waals surface area contributed by atoms with E-state index >= 15 is 0 Å². The molecule has 0 aliphatic rings. The Labute approximate surface area is 97.6 Å². The van der Waals surface area contributed by atoms with E-state index in [9.17, 15) is 4.79 Å². The van der Waals surface area contributed by atoms with Gasteiger partial charge in [0.2, 0.25) is 0 Å². The van der Waals surface area contributed by atoms with Crippen molar-refractivity contribution in [3.05, 3.63) is 33.3 Å². The minimum atomic E-state index is 0.247. The summed E-state index contributed by atoms with van der Waals surface area (Å²) in [4.78, 5) is 11.4. The van der Waals surface area contributed by atoms with Crippen molar-refractivity contribution in [3.63, 3.8) is 0 Å². The van der Waals surface area contributed by atoms with E-state index in [2.05, 4.69) is 15.9 Å². The first kappa shape index (κ1) is 11.7. The van der Waals surface area contributed by atoms with Crippen molar-refractivity contribution in [2.24, 2.45) is 0 Å². The number of hydrogen-bond acceptors (Lipinski definition) is 1. The Morgan fingerprint density at radius 1 is 1.50 bits per heavy atom. The Hall–Kier alpha value is -0.340. The van der Waals surface area contributed by atoms with Crippen LogP contribution in [0.1, 0.15) is 25.3 Å². The van der Waals surface area contributed by atoms with Gasteiger partial charge in [0, 0.05) is 22.3 Å². The summed E-state index contributed by atoms with van der Waals surface area (Å²) in [7, 11) is 0. The fourth-order valence-corrected chi connectivity index (χ4v) is 1.98. The first-order valence-corrected chi connectivity index (χ1v) is 5.76. The highest BCUT2D eigenvalue weighted by Crippen LogP contribution is 2.22. The smallest absolute Gasteiger partial charge is 0.137 e. The van der Waals surface area contributed by atoms with Crippen LogP contribution in [-0.4, -0.2) is 5.78 Å². The average Bonchev–Trinajstić information content (AvgIpc) is 2.10. The van der Waals surface area contributed by atoms with Crippen LogP contribution in [0, 0.1) is 0 Å². The van der Waals surface area contributed by atoms with Gasteiger partial charge in [0.1, 0.15) is 5.78 Å². The molecule has 1 nitrogen and oxygen atoms in total. The fourth-order valence-electron chi connectivity index (χ4n) is 1.24. The summed E-state index contributed by atoms with van der Waals surface area (Å²) < 4.78 is 0.939. The third-order valence-corrected chi connectivity index (χ3v) is 2.78. The monoisotopic (exact) mass is 274 g/mol. The van der Waals surface area contributed by atoms with Gasteiger partial charge in [-0.2, -0.15) is 0 Å². The molecular weight excluding hydrogens is 263 g/mol. The largest absolute Gasteiger partial charge is 0.299 e. The third kappa shape index (κ3) is 3.43. The molecule has 0 N–H and O–H groups in total. The quantitative estimate of drug-likeness (QED) is 0.811. The van der Waals surface area contributed by atoms with Crippen molar-refractivity contribution < 1.29 is 4.79 Å². The summed E-state index contributed by atoms with van der Waals surface area (Å²) in [6.07, 6.45) is 1.97. The van der Waals surface area contributed by atoms with Crippen LogP contribution < -0.4 is 0 Å². The van der Waals surface area contributed by atoms with Crippen LogP contribution in [0.4, 0.5) is 0 Å². The van der Waals surface area contributed by atoms with Crippen molar-refractivity contribution in [2.75, 3.05) is 0 Å². The first-order valence-electron chi connectivity index (χ1n) is 4.59. The molecule has 0 aliphatic carbocycles. The Morgan fingerprint density at radius 3 is 2.79 bits per heavy atom. The lowest BCUT2D eigenvalue weighted by Gasteiger charge is -2.03. The molecule has 0 saturated carbocycles. The molecule has 3 heteroatoms. The van der Waals surface area contributed by atoms with Gasteiger partial charge in [0.05, 0.1) is 0 Å². The molecule has 0 spiro atoms. The summed E-state index contributed by atoms with van der Waals surface area (Å²) in [6.45, 7) is 2.00. The Morgan fingerprint density at radius 2 is 2.21 bits per heavy atom. The van der Waals surface area contributed by atoms with Gasteiger partial charge in [-0.1, -0.05) is 40.5 Å². The van der Waals surface area contributed by atoms with E-state index in [1.807, 2.05) is 25.1 Å². The van der Waals surface area contributed by atoms with Gasteiger partial charge in [0.15, 0.2) is 0 Å². The highest BCUT2D eigenvalue weighted by molar-refractivity contribution is 9.10. The summed E-state index contributed by atoms with van der Waals surface area (Å²) in [5.74, 6) is 0.247. The normalized spacial score (nSPS) is 10.2. The van der Waals surface area contributed by atoms with Crippen LogP contribution >= 0.6 is 27.5 Å². The predicted molar refractivity (Wildman–Crippen MR) is 62.8 cm³/mol. The first-order chi connectivity index (χ1) is 6.63. The maximum atomic E-state index is 11.4. The molecule has 0 amide bonds. The molecule has 0 saturated heterocycles. The molecular formula is C11H12BrClO. The number of carbonyl (C=O) groups is 1. The molecule has 76 valence electrons. The average molecular weight is 276 g/mol. The summed E-state index contributed by atoms with van der Waals surface area (Å²) in [6, 6.07) is 5.61. The number of halogens is 2. The molecule has 0 atom stereocenters. The molecule has 0 heterocycles. The lowest BCUT2D eigenvalue weighted by molar-refractivity contribution is -0.118. The summed E-state index contributed by atoms with van der Waals surface area (Å²) in [5, 5.41) is 0.656. The second-order valence-corrected chi connectivity index (χ2v) is 4.52. The number of ketones is 1. The third-order valence-electron chi connectivity index (χ3n) is 1.93. The maximum Gasteiger partial charge on any atom is 0.137 e. The van der Waals surface area contributed by atoms with Gasteiger partial charge in [-0.25, -0.2) is 0 Å². The lowest BCUT2D eigenvalue weighted by Crippen LogP contribution is -2.02. The molecule has 0 fully saturated rings. The van der Waals surface area contributed by atoms with Crippen molar-refractivity contribution in [2.45, 2.75) is 26.2 Å². The van der Waals surface area contributed by atoms with Gasteiger partial charge >= 0.3 is 0 Å². The predicted octanol–water partition coefficient (Wildman–Crippen LogP) is 4.01. The number of benzene rings is 1. The Kier molecular flexibility index (Phi) is 4.63. The molecule has 0 bridgehead atoms. The van der Waals surface area contributed by atoms with E-state index < -0.39 is 0 Å². The van der Waals surface area contributed by atoms with Crippen molar-refractivity contribution in [1.82, 2.24) is 0 Å². The molecule has 0 aromatic heterocycles. The van der Waals surface area contributed by atoms with Crippen LogP contribution in [-0.2, 0) is 11.2 Å². The highest BCUT2D eigenvalue weighted by Gasteiger charge is 2.06. The van der Waals surface area contributed by atoms with Gasteiger partial charge in [-0.05, 0) is 24.1 Å². The molecule has 1 aromatic carbocycles. The molecule has 1 rings (SSSR count). The molecule has 14 heavy (non-hydrogen) atoms. The molecule has 0 unspecified atom stereocenters. The van der Waals surface area contributed by atoms with E-state index in [1.54, 1.807) is 0 Å². The van der Waals surface area contributed by atoms with Crippen LogP contribution in [0.2, 0.25) is 5.02 Å². The SMILES string of the molecule is CCCC(=O)Cc1ccc(Br)cc1Cl. The molecule has 0 radical (unpaired) electrons. The van der Waals surface area contributed by atoms with Crippen molar-refractivity contribution in [3.8, 4) is 0 Å².